The quantitative estimate of drug-likeness (QED) is 0.736. The number of benzene rings is 2. The molecule has 1 amide bonds. The van der Waals surface area contributed by atoms with Gasteiger partial charge in [0.1, 0.15) is 11.4 Å². The van der Waals surface area contributed by atoms with Gasteiger partial charge in [0.25, 0.3) is 0 Å². The first-order chi connectivity index (χ1) is 12.3. The molecule has 1 atom stereocenters. The number of hydrogen-bond acceptors (Lipinski definition) is 3. The number of rotatable bonds is 5. The SMILES string of the molecule is Cc1ccc(SCCC(=O)N[C@H]2CC(C)(C)Oc3ccc(C)cc32)cc1. The minimum absolute atomic E-state index is 0.00512. The highest BCUT2D eigenvalue weighted by Crippen LogP contribution is 2.39. The summed E-state index contributed by atoms with van der Waals surface area (Å²) in [7, 11) is 0. The smallest absolute Gasteiger partial charge is 0.221 e. The topological polar surface area (TPSA) is 38.3 Å². The van der Waals surface area contributed by atoms with Crippen molar-refractivity contribution in [3.05, 3.63) is 59.2 Å². The number of fused-ring (bicyclic) bond motifs is 1. The Kier molecular flexibility index (Phi) is 5.61. The van der Waals surface area contributed by atoms with Gasteiger partial charge in [-0.3, -0.25) is 4.79 Å². The van der Waals surface area contributed by atoms with Crippen LogP contribution in [0.5, 0.6) is 5.75 Å². The molecule has 0 aliphatic carbocycles. The van der Waals surface area contributed by atoms with Crippen LogP contribution in [0.3, 0.4) is 0 Å². The summed E-state index contributed by atoms with van der Waals surface area (Å²) in [6.45, 7) is 8.29. The summed E-state index contributed by atoms with van der Waals surface area (Å²) in [5.41, 5.74) is 3.24. The summed E-state index contributed by atoms with van der Waals surface area (Å²) in [4.78, 5) is 13.7. The van der Waals surface area contributed by atoms with Gasteiger partial charge in [-0.15, -0.1) is 11.8 Å². The zero-order valence-corrected chi connectivity index (χ0v) is 16.8. The van der Waals surface area contributed by atoms with Crippen molar-refractivity contribution in [1.82, 2.24) is 5.32 Å². The largest absolute Gasteiger partial charge is 0.487 e. The molecular weight excluding hydrogens is 342 g/mol. The van der Waals surface area contributed by atoms with E-state index in [2.05, 4.69) is 69.4 Å². The third kappa shape index (κ3) is 4.82. The Morgan fingerprint density at radius 3 is 2.58 bits per heavy atom. The molecule has 0 saturated heterocycles. The van der Waals surface area contributed by atoms with Crippen molar-refractivity contribution in [2.75, 3.05) is 5.75 Å². The maximum atomic E-state index is 12.5. The first-order valence-corrected chi connectivity index (χ1v) is 10.1. The second-order valence-corrected chi connectivity index (χ2v) is 8.81. The summed E-state index contributed by atoms with van der Waals surface area (Å²) in [6.07, 6.45) is 1.29. The summed E-state index contributed by atoms with van der Waals surface area (Å²) in [6, 6.07) is 14.6. The molecule has 2 aromatic rings. The van der Waals surface area contributed by atoms with Crippen LogP contribution < -0.4 is 10.1 Å². The average Bonchev–Trinajstić information content (AvgIpc) is 2.57. The van der Waals surface area contributed by atoms with Crippen molar-refractivity contribution < 1.29 is 9.53 Å². The van der Waals surface area contributed by atoms with Gasteiger partial charge in [0.2, 0.25) is 5.91 Å². The molecule has 0 bridgehead atoms. The van der Waals surface area contributed by atoms with E-state index < -0.39 is 0 Å². The van der Waals surface area contributed by atoms with Crippen molar-refractivity contribution >= 4 is 17.7 Å². The highest BCUT2D eigenvalue weighted by atomic mass is 32.2. The molecule has 1 heterocycles. The number of nitrogens with one attached hydrogen (secondary N) is 1. The van der Waals surface area contributed by atoms with E-state index in [0.29, 0.717) is 6.42 Å². The van der Waals surface area contributed by atoms with E-state index in [0.717, 1.165) is 23.5 Å². The zero-order chi connectivity index (χ0) is 18.7. The van der Waals surface area contributed by atoms with Gasteiger partial charge in [0, 0.05) is 29.1 Å². The second kappa shape index (κ2) is 7.75. The summed E-state index contributed by atoms with van der Waals surface area (Å²) >= 11 is 1.72. The number of hydrogen-bond donors (Lipinski definition) is 1. The van der Waals surface area contributed by atoms with Crippen LogP contribution in [0, 0.1) is 13.8 Å². The molecule has 3 rings (SSSR count). The Morgan fingerprint density at radius 1 is 1.15 bits per heavy atom. The zero-order valence-electron chi connectivity index (χ0n) is 16.0. The number of carbonyl (C=O) groups is 1. The van der Waals surface area contributed by atoms with Gasteiger partial charge in [-0.1, -0.05) is 35.4 Å². The Balaban J connectivity index is 1.60. The molecule has 1 aliphatic rings. The molecule has 26 heavy (non-hydrogen) atoms. The van der Waals surface area contributed by atoms with E-state index in [-0.39, 0.29) is 17.6 Å². The van der Waals surface area contributed by atoms with Crippen LogP contribution in [0.2, 0.25) is 0 Å². The minimum Gasteiger partial charge on any atom is -0.487 e. The maximum absolute atomic E-state index is 12.5. The lowest BCUT2D eigenvalue weighted by atomic mass is 9.89. The van der Waals surface area contributed by atoms with Crippen molar-refractivity contribution in [2.24, 2.45) is 0 Å². The number of thioether (sulfide) groups is 1. The van der Waals surface area contributed by atoms with Gasteiger partial charge < -0.3 is 10.1 Å². The van der Waals surface area contributed by atoms with Crippen molar-refractivity contribution in [3.63, 3.8) is 0 Å². The molecule has 0 aromatic heterocycles. The number of amides is 1. The molecule has 0 saturated carbocycles. The van der Waals surface area contributed by atoms with E-state index in [1.165, 1.54) is 16.0 Å². The van der Waals surface area contributed by atoms with E-state index in [1.54, 1.807) is 11.8 Å². The lowest BCUT2D eigenvalue weighted by molar-refractivity contribution is -0.121. The van der Waals surface area contributed by atoms with E-state index in [9.17, 15) is 4.79 Å². The fraction of sp³-hybridized carbons (Fsp3) is 0.409. The van der Waals surface area contributed by atoms with Crippen LogP contribution >= 0.6 is 11.8 Å². The molecular formula is C22H27NO2S. The van der Waals surface area contributed by atoms with Crippen molar-refractivity contribution in [2.45, 2.75) is 57.1 Å². The molecule has 4 heteroatoms. The van der Waals surface area contributed by atoms with Crippen LogP contribution in [0.1, 0.15) is 49.4 Å². The van der Waals surface area contributed by atoms with Crippen LogP contribution in [-0.4, -0.2) is 17.3 Å². The van der Waals surface area contributed by atoms with Crippen LogP contribution in [0.15, 0.2) is 47.4 Å². The standard InChI is InChI=1S/C22H27NO2S/c1-15-5-8-17(9-6-15)26-12-11-21(24)23-19-14-22(3,4)25-20-10-7-16(2)13-18(19)20/h5-10,13,19H,11-12,14H2,1-4H3,(H,23,24)/t19-/m0/s1. The molecule has 2 aromatic carbocycles. The fourth-order valence-electron chi connectivity index (χ4n) is 3.27. The van der Waals surface area contributed by atoms with Gasteiger partial charge in [0.05, 0.1) is 6.04 Å². The normalized spacial score (nSPS) is 17.9. The highest BCUT2D eigenvalue weighted by molar-refractivity contribution is 7.99. The van der Waals surface area contributed by atoms with Gasteiger partial charge in [-0.05, 0) is 45.9 Å². The Hall–Kier alpha value is -1.94. The predicted octanol–water partition coefficient (Wildman–Crippen LogP) is 5.20. The van der Waals surface area contributed by atoms with Crippen LogP contribution in [-0.2, 0) is 4.79 Å². The van der Waals surface area contributed by atoms with E-state index >= 15 is 0 Å². The second-order valence-electron chi connectivity index (χ2n) is 7.64. The number of carbonyl (C=O) groups excluding carboxylic acids is 1. The molecule has 3 nitrogen and oxygen atoms in total. The maximum Gasteiger partial charge on any atom is 0.221 e. The van der Waals surface area contributed by atoms with Crippen LogP contribution in [0.25, 0.3) is 0 Å². The van der Waals surface area contributed by atoms with Gasteiger partial charge >= 0.3 is 0 Å². The molecule has 1 N–H and O–H groups in total. The Morgan fingerprint density at radius 2 is 1.85 bits per heavy atom. The lowest BCUT2D eigenvalue weighted by Crippen LogP contribution is -2.41. The number of aryl methyl sites for hydroxylation is 2. The molecule has 0 fully saturated rings. The summed E-state index contributed by atoms with van der Waals surface area (Å²) in [5.74, 6) is 1.76. The van der Waals surface area contributed by atoms with Crippen molar-refractivity contribution in [3.8, 4) is 5.75 Å². The third-order valence-electron chi connectivity index (χ3n) is 4.58. The Bertz CT molecular complexity index is 783. The average molecular weight is 370 g/mol. The van der Waals surface area contributed by atoms with Crippen LogP contribution in [0.4, 0.5) is 0 Å². The predicted molar refractivity (Wildman–Crippen MR) is 108 cm³/mol. The molecule has 0 unspecified atom stereocenters. The van der Waals surface area contributed by atoms with Crippen molar-refractivity contribution in [1.29, 1.82) is 0 Å². The first-order valence-electron chi connectivity index (χ1n) is 9.11. The Labute approximate surface area is 160 Å². The number of ether oxygens (including phenoxy) is 1. The minimum atomic E-state index is -0.281. The van der Waals surface area contributed by atoms with E-state index in [1.807, 2.05) is 6.07 Å². The third-order valence-corrected chi connectivity index (χ3v) is 5.59. The summed E-state index contributed by atoms with van der Waals surface area (Å²) < 4.78 is 6.08. The van der Waals surface area contributed by atoms with E-state index in [4.69, 9.17) is 4.74 Å². The van der Waals surface area contributed by atoms with Gasteiger partial charge in [-0.2, -0.15) is 0 Å². The lowest BCUT2D eigenvalue weighted by Gasteiger charge is -2.38. The van der Waals surface area contributed by atoms with Gasteiger partial charge in [0.15, 0.2) is 0 Å². The fourth-order valence-corrected chi connectivity index (χ4v) is 4.12. The highest BCUT2D eigenvalue weighted by Gasteiger charge is 2.34. The monoisotopic (exact) mass is 369 g/mol. The molecule has 1 aliphatic heterocycles. The molecule has 0 spiro atoms. The molecule has 138 valence electrons. The summed E-state index contributed by atoms with van der Waals surface area (Å²) in [5, 5.41) is 3.22. The van der Waals surface area contributed by atoms with Gasteiger partial charge in [-0.25, -0.2) is 0 Å². The first kappa shape index (κ1) is 18.8. The molecule has 0 radical (unpaired) electrons.